The van der Waals surface area contributed by atoms with Gasteiger partial charge in [-0.15, -0.1) is 0 Å². The highest BCUT2D eigenvalue weighted by Crippen LogP contribution is 2.44. The number of hydrogen-bond donors (Lipinski definition) is 0. The highest BCUT2D eigenvalue weighted by Gasteiger charge is 2.34. The molecule has 0 radical (unpaired) electrons. The Labute approximate surface area is 122 Å². The van der Waals surface area contributed by atoms with Crippen molar-refractivity contribution in [1.29, 1.82) is 0 Å². The fraction of sp³-hybridized carbons (Fsp3) is 0.176. The first kappa shape index (κ1) is 12.7. The largest absolute Gasteiger partial charge is 0.189 e. The van der Waals surface area contributed by atoms with Crippen LogP contribution in [0, 0.1) is 11.2 Å². The van der Waals surface area contributed by atoms with E-state index in [1.807, 2.05) is 11.8 Å². The second-order valence-corrected chi connectivity index (χ2v) is 7.11. The van der Waals surface area contributed by atoms with E-state index in [1.165, 1.54) is 19.6 Å². The number of hydrogen-bond acceptors (Lipinski definition) is 1. The first-order valence-electron chi connectivity index (χ1n) is 6.49. The lowest BCUT2D eigenvalue weighted by Gasteiger charge is -2.14. The molecule has 0 spiro atoms. The molecule has 1 heterocycles. The zero-order valence-electron chi connectivity index (χ0n) is 10.8. The van der Waals surface area contributed by atoms with Gasteiger partial charge >= 0.3 is 0 Å². The van der Waals surface area contributed by atoms with Crippen molar-refractivity contribution < 1.29 is 0 Å². The van der Waals surface area contributed by atoms with Gasteiger partial charge in [-0.25, -0.2) is 0 Å². The molecule has 0 amide bonds. The Morgan fingerprint density at radius 3 is 2.11 bits per heavy atom. The van der Waals surface area contributed by atoms with Crippen molar-refractivity contribution in [2.24, 2.45) is 0 Å². The minimum atomic E-state index is -0.0780. The molecule has 0 nitrogen and oxygen atoms in total. The van der Waals surface area contributed by atoms with Crippen molar-refractivity contribution in [3.63, 3.8) is 0 Å². The van der Waals surface area contributed by atoms with Gasteiger partial charge in [-0.1, -0.05) is 43.0 Å². The molecule has 2 aromatic rings. The topological polar surface area (TPSA) is 0 Å². The summed E-state index contributed by atoms with van der Waals surface area (Å²) in [6.07, 6.45) is 2.11. The van der Waals surface area contributed by atoms with Crippen LogP contribution in [0.15, 0.2) is 68.1 Å². The third-order valence-corrected chi connectivity index (χ3v) is 6.26. The molecular weight excluding hydrogens is 268 g/mol. The first-order chi connectivity index (χ1) is 9.40. The van der Waals surface area contributed by atoms with Crippen LogP contribution in [-0.4, -0.2) is 0 Å². The van der Waals surface area contributed by atoms with E-state index in [-0.39, 0.29) is 10.9 Å². The molecule has 94 valence electrons. The molecule has 0 saturated carbocycles. The number of unbranched alkanes of at least 4 members (excludes halogenated alkanes) is 1. The highest BCUT2D eigenvalue weighted by atomic mass is 32.2. The Morgan fingerprint density at radius 2 is 1.53 bits per heavy atom. The fourth-order valence-corrected chi connectivity index (χ4v) is 5.29. The summed E-state index contributed by atoms with van der Waals surface area (Å²) in [6.45, 7) is 2.18. The molecule has 1 aliphatic rings. The minimum Gasteiger partial charge on any atom is -0.0794 e. The fourth-order valence-electron chi connectivity index (χ4n) is 2.00. The molecule has 2 heteroatoms. The standard InChI is InChI=1S/C17H15S2/c1-2-3-8-13-19-16-11-6-4-9-14(16)18-15-10-5-7-12-17(15)19/h4-7,9-12H,2-3H2,1H3/q+1. The molecule has 0 bridgehead atoms. The van der Waals surface area contributed by atoms with Gasteiger partial charge in [-0.05, 0) is 36.6 Å². The van der Waals surface area contributed by atoms with E-state index < -0.39 is 0 Å². The molecule has 19 heavy (non-hydrogen) atoms. The van der Waals surface area contributed by atoms with Crippen molar-refractivity contribution in [2.75, 3.05) is 0 Å². The third-order valence-electron chi connectivity index (χ3n) is 2.91. The highest BCUT2D eigenvalue weighted by molar-refractivity contribution is 8.06. The van der Waals surface area contributed by atoms with Gasteiger partial charge in [0.05, 0.1) is 9.79 Å². The Bertz CT molecular complexity index is 604. The lowest BCUT2D eigenvalue weighted by Crippen LogP contribution is -2.07. The van der Waals surface area contributed by atoms with Gasteiger partial charge in [-0.2, -0.15) is 0 Å². The predicted octanol–water partition coefficient (Wildman–Crippen LogP) is 4.95. The lowest BCUT2D eigenvalue weighted by atomic mass is 10.3. The molecule has 1 aliphatic heterocycles. The van der Waals surface area contributed by atoms with Crippen molar-refractivity contribution in [2.45, 2.75) is 39.3 Å². The van der Waals surface area contributed by atoms with E-state index >= 15 is 0 Å². The van der Waals surface area contributed by atoms with E-state index in [4.69, 9.17) is 0 Å². The summed E-state index contributed by atoms with van der Waals surface area (Å²) in [4.78, 5) is 5.48. The van der Waals surface area contributed by atoms with Crippen LogP contribution in [0.1, 0.15) is 19.8 Å². The van der Waals surface area contributed by atoms with Crippen LogP contribution in [0.25, 0.3) is 0 Å². The first-order valence-corrected chi connectivity index (χ1v) is 8.53. The smallest absolute Gasteiger partial charge is 0.0794 e. The SMILES string of the molecule is CCCC#C[S+]1c2ccccc2Sc2ccccc21. The van der Waals surface area contributed by atoms with Gasteiger partial charge in [0.2, 0.25) is 0 Å². The third kappa shape index (κ3) is 2.54. The van der Waals surface area contributed by atoms with Crippen LogP contribution >= 0.6 is 11.8 Å². The van der Waals surface area contributed by atoms with E-state index in [9.17, 15) is 0 Å². The average Bonchev–Trinajstić information content (AvgIpc) is 2.46. The van der Waals surface area contributed by atoms with Crippen LogP contribution in [0.5, 0.6) is 0 Å². The molecule has 0 saturated heterocycles. The van der Waals surface area contributed by atoms with Crippen LogP contribution in [0.2, 0.25) is 0 Å². The van der Waals surface area contributed by atoms with Gasteiger partial charge in [0.15, 0.2) is 25.9 Å². The van der Waals surface area contributed by atoms with Gasteiger partial charge < -0.3 is 0 Å². The number of rotatable bonds is 1. The monoisotopic (exact) mass is 283 g/mol. The van der Waals surface area contributed by atoms with Crippen molar-refractivity contribution in [3.8, 4) is 11.2 Å². The van der Waals surface area contributed by atoms with Crippen molar-refractivity contribution in [1.82, 2.24) is 0 Å². The normalized spacial score (nSPS) is 13.1. The molecule has 2 aromatic carbocycles. The maximum absolute atomic E-state index is 3.50. The molecule has 3 rings (SSSR count). The molecule has 0 unspecified atom stereocenters. The summed E-state index contributed by atoms with van der Waals surface area (Å²) in [5.74, 6) is 3.34. The Hall–Kier alpha value is -1.30. The zero-order chi connectivity index (χ0) is 13.1. The second kappa shape index (κ2) is 5.77. The summed E-state index contributed by atoms with van der Waals surface area (Å²) < 4.78 is 0. The molecule has 0 aliphatic carbocycles. The van der Waals surface area contributed by atoms with Crippen molar-refractivity contribution in [3.05, 3.63) is 48.5 Å². The van der Waals surface area contributed by atoms with Gasteiger partial charge in [0.1, 0.15) is 0 Å². The number of benzene rings is 2. The van der Waals surface area contributed by atoms with Crippen LogP contribution in [-0.2, 0) is 10.9 Å². The quantitative estimate of drug-likeness (QED) is 0.527. The molecule has 0 aromatic heterocycles. The Kier molecular flexibility index (Phi) is 3.87. The summed E-state index contributed by atoms with van der Waals surface area (Å²) in [5, 5.41) is 3.50. The van der Waals surface area contributed by atoms with E-state index in [0.717, 1.165) is 12.8 Å². The summed E-state index contributed by atoms with van der Waals surface area (Å²) >= 11 is 1.86. The van der Waals surface area contributed by atoms with E-state index in [2.05, 4.69) is 66.6 Å². The Balaban J connectivity index is 2.09. The molecule has 0 fully saturated rings. The average molecular weight is 283 g/mol. The maximum Gasteiger partial charge on any atom is 0.189 e. The maximum atomic E-state index is 3.50. The summed E-state index contributed by atoms with van der Waals surface area (Å²) in [6, 6.07) is 17.3. The number of fused-ring (bicyclic) bond motifs is 2. The minimum absolute atomic E-state index is 0.0780. The van der Waals surface area contributed by atoms with Gasteiger partial charge in [-0.3, -0.25) is 0 Å². The molecule has 0 atom stereocenters. The predicted molar refractivity (Wildman–Crippen MR) is 83.6 cm³/mol. The lowest BCUT2D eigenvalue weighted by molar-refractivity contribution is 0.984. The van der Waals surface area contributed by atoms with Crippen LogP contribution in [0.4, 0.5) is 0 Å². The molecule has 0 N–H and O–H groups in total. The summed E-state index contributed by atoms with van der Waals surface area (Å²) in [5.41, 5.74) is 0. The second-order valence-electron chi connectivity index (χ2n) is 4.33. The van der Waals surface area contributed by atoms with Crippen molar-refractivity contribution >= 4 is 22.7 Å². The molecular formula is C17H15S2+. The van der Waals surface area contributed by atoms with Gasteiger partial charge in [0.25, 0.3) is 0 Å². The van der Waals surface area contributed by atoms with Crippen LogP contribution in [0.3, 0.4) is 0 Å². The Morgan fingerprint density at radius 1 is 0.947 bits per heavy atom. The van der Waals surface area contributed by atoms with Gasteiger partial charge in [0, 0.05) is 6.42 Å². The van der Waals surface area contributed by atoms with E-state index in [0.29, 0.717) is 0 Å². The van der Waals surface area contributed by atoms with Crippen LogP contribution < -0.4 is 0 Å². The zero-order valence-corrected chi connectivity index (χ0v) is 12.5. The summed E-state index contributed by atoms with van der Waals surface area (Å²) in [7, 11) is -0.0780. The van der Waals surface area contributed by atoms with E-state index in [1.54, 1.807) is 0 Å².